The van der Waals surface area contributed by atoms with Gasteiger partial charge in [-0.25, -0.2) is 4.79 Å². The molecule has 1 amide bonds. The molecule has 1 aromatic heterocycles. The van der Waals surface area contributed by atoms with Gasteiger partial charge in [-0.2, -0.15) is 0 Å². The van der Waals surface area contributed by atoms with Gasteiger partial charge in [0.25, 0.3) is 5.91 Å². The molecule has 0 bridgehead atoms. The fourth-order valence-corrected chi connectivity index (χ4v) is 4.10. The van der Waals surface area contributed by atoms with E-state index in [1.807, 2.05) is 42.5 Å². The highest BCUT2D eigenvalue weighted by Crippen LogP contribution is 2.37. The molecule has 1 aliphatic heterocycles. The summed E-state index contributed by atoms with van der Waals surface area (Å²) in [6, 6.07) is 24.2. The molecule has 2 N–H and O–H groups in total. The van der Waals surface area contributed by atoms with E-state index in [1.54, 1.807) is 36.4 Å². The molecule has 1 aliphatic rings. The number of amides is 1. The van der Waals surface area contributed by atoms with Crippen LogP contribution in [0.5, 0.6) is 5.75 Å². The molecule has 3 aromatic carbocycles. The summed E-state index contributed by atoms with van der Waals surface area (Å²) in [5, 5.41) is 19.9. The molecular formula is C28H18ClNO5. The van der Waals surface area contributed by atoms with Crippen LogP contribution in [0, 0.1) is 0 Å². The Balaban J connectivity index is 1.57. The van der Waals surface area contributed by atoms with Crippen LogP contribution in [-0.4, -0.2) is 22.1 Å². The normalized spacial score (nSPS) is 14.4. The minimum absolute atomic E-state index is 0.294. The zero-order valence-corrected chi connectivity index (χ0v) is 18.9. The quantitative estimate of drug-likeness (QED) is 0.317. The van der Waals surface area contributed by atoms with Crippen LogP contribution >= 0.6 is 11.6 Å². The zero-order chi connectivity index (χ0) is 24.5. The largest absolute Gasteiger partial charge is 0.507 e. The lowest BCUT2D eigenvalue weighted by Gasteiger charge is -2.21. The predicted octanol–water partition coefficient (Wildman–Crippen LogP) is 6.48. The maximum absolute atomic E-state index is 13.5. The summed E-state index contributed by atoms with van der Waals surface area (Å²) in [6.45, 7) is 0. The first-order valence-corrected chi connectivity index (χ1v) is 11.0. The highest BCUT2D eigenvalue weighted by Gasteiger charge is 2.31. The van der Waals surface area contributed by atoms with Crippen LogP contribution < -0.4 is 4.90 Å². The van der Waals surface area contributed by atoms with Gasteiger partial charge in [-0.15, -0.1) is 0 Å². The fourth-order valence-electron chi connectivity index (χ4n) is 3.91. The molecule has 0 saturated carbocycles. The Morgan fingerprint density at radius 3 is 2.43 bits per heavy atom. The van der Waals surface area contributed by atoms with E-state index in [9.17, 15) is 19.8 Å². The van der Waals surface area contributed by atoms with Crippen molar-refractivity contribution >= 4 is 40.9 Å². The van der Waals surface area contributed by atoms with E-state index < -0.39 is 5.97 Å². The highest BCUT2D eigenvalue weighted by atomic mass is 35.5. The van der Waals surface area contributed by atoms with E-state index in [-0.39, 0.29) is 17.2 Å². The minimum atomic E-state index is -1.29. The first-order valence-electron chi connectivity index (χ1n) is 10.7. The first-order chi connectivity index (χ1) is 16.9. The van der Waals surface area contributed by atoms with Gasteiger partial charge in [0.15, 0.2) is 0 Å². The molecule has 6 nitrogen and oxygen atoms in total. The van der Waals surface area contributed by atoms with Crippen molar-refractivity contribution in [3.8, 4) is 17.1 Å². The number of benzene rings is 3. The number of anilines is 1. The summed E-state index contributed by atoms with van der Waals surface area (Å²) < 4.78 is 5.94. The Morgan fingerprint density at radius 1 is 0.914 bits per heavy atom. The third-order valence-electron chi connectivity index (χ3n) is 5.56. The molecule has 5 rings (SSSR count). The third kappa shape index (κ3) is 4.35. The zero-order valence-electron chi connectivity index (χ0n) is 18.2. The second kappa shape index (κ2) is 9.00. The number of carbonyl (C=O) groups excluding carboxylic acids is 1. The van der Waals surface area contributed by atoms with Crippen LogP contribution in [0.4, 0.5) is 5.69 Å². The highest BCUT2D eigenvalue weighted by molar-refractivity contribution is 6.30. The van der Waals surface area contributed by atoms with Gasteiger partial charge in [0.2, 0.25) is 0 Å². The number of aromatic carboxylic acids is 1. The van der Waals surface area contributed by atoms with E-state index in [2.05, 4.69) is 0 Å². The molecule has 35 heavy (non-hydrogen) atoms. The van der Waals surface area contributed by atoms with Crippen molar-refractivity contribution in [2.75, 3.05) is 4.90 Å². The average molecular weight is 484 g/mol. The molecule has 0 spiro atoms. The topological polar surface area (TPSA) is 91.0 Å². The lowest BCUT2D eigenvalue weighted by Crippen LogP contribution is -2.25. The number of hydrogen-bond acceptors (Lipinski definition) is 4. The van der Waals surface area contributed by atoms with Crippen LogP contribution in [0.15, 0.2) is 101 Å². The van der Waals surface area contributed by atoms with Gasteiger partial charge in [0.1, 0.15) is 22.8 Å². The number of nitrogens with zero attached hydrogens (tertiary/aromatic N) is 1. The lowest BCUT2D eigenvalue weighted by molar-refractivity contribution is -0.113. The second-order valence-corrected chi connectivity index (χ2v) is 8.29. The molecule has 0 atom stereocenters. The number of rotatable bonds is 5. The molecule has 0 saturated heterocycles. The van der Waals surface area contributed by atoms with Crippen molar-refractivity contribution in [1.82, 2.24) is 0 Å². The first kappa shape index (κ1) is 22.3. The Labute approximate surface area is 205 Å². The number of carboxylic acids is 1. The molecular weight excluding hydrogens is 466 g/mol. The van der Waals surface area contributed by atoms with Gasteiger partial charge in [0, 0.05) is 16.2 Å². The van der Waals surface area contributed by atoms with Crippen molar-refractivity contribution in [2.24, 2.45) is 0 Å². The van der Waals surface area contributed by atoms with Crippen molar-refractivity contribution in [3.05, 3.63) is 118 Å². The Kier molecular flexibility index (Phi) is 5.73. The standard InChI is InChI=1S/C28H18ClNO5/c29-20-8-4-7-18(13-20)26-12-10-22(35-26)14-19-15-24(17-5-2-1-3-6-17)30(27(19)32)21-9-11-25(31)23(16-21)28(33)34/h1-16,31H,(H,33,34)/b19-14-. The van der Waals surface area contributed by atoms with Crippen molar-refractivity contribution in [2.45, 2.75) is 0 Å². The number of hydrogen-bond donors (Lipinski definition) is 2. The van der Waals surface area contributed by atoms with Crippen LogP contribution in [0.1, 0.15) is 21.7 Å². The Morgan fingerprint density at radius 2 is 1.69 bits per heavy atom. The van der Waals surface area contributed by atoms with E-state index in [4.69, 9.17) is 16.0 Å². The van der Waals surface area contributed by atoms with E-state index in [0.717, 1.165) is 11.1 Å². The molecule has 0 radical (unpaired) electrons. The average Bonchev–Trinajstić information content (AvgIpc) is 3.45. The van der Waals surface area contributed by atoms with Crippen molar-refractivity contribution < 1.29 is 24.2 Å². The lowest BCUT2D eigenvalue weighted by atomic mass is 10.1. The van der Waals surface area contributed by atoms with E-state index in [0.29, 0.717) is 33.5 Å². The number of aromatic hydroxyl groups is 1. The van der Waals surface area contributed by atoms with Gasteiger partial charge in [-0.3, -0.25) is 9.69 Å². The van der Waals surface area contributed by atoms with Crippen LogP contribution in [0.2, 0.25) is 5.02 Å². The van der Waals surface area contributed by atoms with Crippen molar-refractivity contribution in [3.63, 3.8) is 0 Å². The third-order valence-corrected chi connectivity index (χ3v) is 5.79. The number of furan rings is 1. The summed E-state index contributed by atoms with van der Waals surface area (Å²) >= 11 is 6.08. The van der Waals surface area contributed by atoms with E-state index >= 15 is 0 Å². The molecule has 7 heteroatoms. The molecule has 0 unspecified atom stereocenters. The molecule has 0 aliphatic carbocycles. The van der Waals surface area contributed by atoms with Crippen LogP contribution in [0.3, 0.4) is 0 Å². The predicted molar refractivity (Wildman–Crippen MR) is 134 cm³/mol. The summed E-state index contributed by atoms with van der Waals surface area (Å²) in [4.78, 5) is 26.5. The number of phenols is 1. The Bertz CT molecular complexity index is 1520. The number of halogens is 1. The van der Waals surface area contributed by atoms with Gasteiger partial charge in [-0.05, 0) is 60.2 Å². The van der Waals surface area contributed by atoms with Gasteiger partial charge < -0.3 is 14.6 Å². The monoisotopic (exact) mass is 483 g/mol. The van der Waals surface area contributed by atoms with Crippen LogP contribution in [0.25, 0.3) is 23.1 Å². The van der Waals surface area contributed by atoms with Crippen molar-refractivity contribution in [1.29, 1.82) is 0 Å². The SMILES string of the molecule is O=C(O)c1cc(N2C(=O)/C(=C\c3ccc(-c4cccc(Cl)c4)o3)C=C2c2ccccc2)ccc1O. The van der Waals surface area contributed by atoms with Gasteiger partial charge >= 0.3 is 5.97 Å². The minimum Gasteiger partial charge on any atom is -0.507 e. The van der Waals surface area contributed by atoms with Gasteiger partial charge in [0.05, 0.1) is 11.4 Å². The number of carbonyl (C=O) groups is 2. The molecule has 4 aromatic rings. The fraction of sp³-hybridized carbons (Fsp3) is 0. The van der Waals surface area contributed by atoms with E-state index in [1.165, 1.54) is 23.1 Å². The molecule has 2 heterocycles. The Hall–Kier alpha value is -4.55. The van der Waals surface area contributed by atoms with Crippen LogP contribution in [-0.2, 0) is 4.79 Å². The summed E-state index contributed by atoms with van der Waals surface area (Å²) in [5.41, 5.74) is 2.55. The summed E-state index contributed by atoms with van der Waals surface area (Å²) in [7, 11) is 0. The maximum Gasteiger partial charge on any atom is 0.339 e. The number of carboxylic acid groups (broad SMARTS) is 1. The second-order valence-electron chi connectivity index (χ2n) is 7.85. The summed E-state index contributed by atoms with van der Waals surface area (Å²) in [5.74, 6) is -0.935. The smallest absolute Gasteiger partial charge is 0.339 e. The van der Waals surface area contributed by atoms with Gasteiger partial charge in [-0.1, -0.05) is 54.1 Å². The molecule has 0 fully saturated rings. The maximum atomic E-state index is 13.5. The summed E-state index contributed by atoms with van der Waals surface area (Å²) in [6.07, 6.45) is 3.37. The molecule has 172 valence electrons.